The summed E-state index contributed by atoms with van der Waals surface area (Å²) in [5, 5.41) is 10.5. The van der Waals surface area contributed by atoms with Crippen molar-refractivity contribution < 1.29 is 36.6 Å². The molecule has 162 valence electrons. The van der Waals surface area contributed by atoms with Crippen molar-refractivity contribution in [3.8, 4) is 0 Å². The number of alkyl halides is 3. The van der Waals surface area contributed by atoms with Crippen molar-refractivity contribution in [2.45, 2.75) is 32.1 Å². The fourth-order valence-corrected chi connectivity index (χ4v) is 3.55. The molecule has 0 aliphatic carbocycles. The zero-order valence-electron chi connectivity index (χ0n) is 15.7. The van der Waals surface area contributed by atoms with Crippen LogP contribution in [0.5, 0.6) is 0 Å². The van der Waals surface area contributed by atoms with E-state index in [1.165, 1.54) is 6.92 Å². The summed E-state index contributed by atoms with van der Waals surface area (Å²) in [5.74, 6) is -6.03. The first kappa shape index (κ1) is 21.5. The third kappa shape index (κ3) is 3.46. The smallest absolute Gasteiger partial charge is 0.471 e. The molecule has 3 rings (SSSR count). The highest BCUT2D eigenvalue weighted by Crippen LogP contribution is 2.35. The van der Waals surface area contributed by atoms with Gasteiger partial charge in [-0.15, -0.1) is 0 Å². The van der Waals surface area contributed by atoms with Crippen molar-refractivity contribution in [3.63, 3.8) is 0 Å². The van der Waals surface area contributed by atoms with Gasteiger partial charge in [0.25, 0.3) is 0 Å². The molecule has 1 amide bonds. The second-order valence-electron chi connectivity index (χ2n) is 7.25. The lowest BCUT2D eigenvalue weighted by molar-refractivity contribution is -0.175. The molecule has 0 bridgehead atoms. The van der Waals surface area contributed by atoms with Gasteiger partial charge in [-0.3, -0.25) is 9.59 Å². The number of aromatic carboxylic acids is 1. The van der Waals surface area contributed by atoms with Crippen molar-refractivity contribution in [1.82, 2.24) is 9.88 Å². The van der Waals surface area contributed by atoms with Crippen molar-refractivity contribution in [3.05, 3.63) is 39.7 Å². The van der Waals surface area contributed by atoms with Crippen molar-refractivity contribution >= 4 is 28.5 Å². The maximum Gasteiger partial charge on any atom is 0.471 e. The normalized spacial score (nSPS) is 15.8. The van der Waals surface area contributed by atoms with Gasteiger partial charge in [-0.2, -0.15) is 13.2 Å². The van der Waals surface area contributed by atoms with E-state index in [1.54, 1.807) is 12.2 Å². The number of nitrogens with zero attached hydrogens (tertiary/aromatic N) is 2. The van der Waals surface area contributed by atoms with Gasteiger partial charge in [0.1, 0.15) is 17.1 Å². The van der Waals surface area contributed by atoms with Gasteiger partial charge in [0.05, 0.1) is 16.4 Å². The number of anilines is 1. The summed E-state index contributed by atoms with van der Waals surface area (Å²) >= 11 is 0. The van der Waals surface area contributed by atoms with E-state index in [0.29, 0.717) is 6.07 Å². The van der Waals surface area contributed by atoms with Crippen LogP contribution >= 0.6 is 0 Å². The number of carboxylic acids is 1. The first-order valence-corrected chi connectivity index (χ1v) is 8.72. The maximum atomic E-state index is 15.2. The van der Waals surface area contributed by atoms with E-state index in [-0.39, 0.29) is 25.2 Å². The van der Waals surface area contributed by atoms with E-state index in [0.717, 1.165) is 15.7 Å². The number of amides is 1. The molecule has 2 heterocycles. The number of pyridine rings is 1. The molecule has 0 saturated carbocycles. The first-order chi connectivity index (χ1) is 13.8. The zero-order chi connectivity index (χ0) is 22.6. The van der Waals surface area contributed by atoms with Gasteiger partial charge in [0, 0.05) is 25.8 Å². The van der Waals surface area contributed by atoms with Crippen molar-refractivity contribution in [1.29, 1.82) is 0 Å². The highest BCUT2D eigenvalue weighted by molar-refractivity contribution is 5.94. The number of hydrogen-bond donors (Lipinski definition) is 2. The highest BCUT2D eigenvalue weighted by Gasteiger charge is 2.48. The Morgan fingerprint density at radius 2 is 1.87 bits per heavy atom. The van der Waals surface area contributed by atoms with Crippen LogP contribution in [0.1, 0.15) is 24.2 Å². The van der Waals surface area contributed by atoms with Crippen LogP contribution in [0.15, 0.2) is 17.1 Å². The summed E-state index contributed by atoms with van der Waals surface area (Å²) in [5.41, 5.74) is -3.97. The molecule has 30 heavy (non-hydrogen) atoms. The Morgan fingerprint density at radius 1 is 1.27 bits per heavy atom. The van der Waals surface area contributed by atoms with Crippen LogP contribution in [0.3, 0.4) is 0 Å². The molecule has 12 heteroatoms. The fraction of sp³-hybridized carbons (Fsp3) is 0.389. The number of aryl methyl sites for hydroxylation is 1. The van der Waals surface area contributed by atoms with E-state index in [9.17, 15) is 31.9 Å². The number of carboxylic acid groups (broad SMARTS) is 1. The Hall–Kier alpha value is -3.18. The topological polar surface area (TPSA) is 91.6 Å². The lowest BCUT2D eigenvalue weighted by atomic mass is 9.91. The summed E-state index contributed by atoms with van der Waals surface area (Å²) in [6, 6.07) is 0.707. The molecule has 2 N–H and O–H groups in total. The lowest BCUT2D eigenvalue weighted by Gasteiger charge is -2.49. The largest absolute Gasteiger partial charge is 0.477 e. The van der Waals surface area contributed by atoms with Crippen LogP contribution < -0.4 is 15.6 Å². The average Bonchev–Trinajstić information content (AvgIpc) is 2.59. The number of hydrogen-bond acceptors (Lipinski definition) is 4. The quantitative estimate of drug-likeness (QED) is 0.722. The summed E-state index contributed by atoms with van der Waals surface area (Å²) < 4.78 is 68.4. The molecule has 1 aromatic carbocycles. The van der Waals surface area contributed by atoms with Gasteiger partial charge in [-0.25, -0.2) is 13.6 Å². The molecular formula is C18H16F5N3O4. The molecule has 1 aliphatic heterocycles. The number of carbonyl (C=O) groups excluding carboxylic acids is 1. The molecule has 0 unspecified atom stereocenters. The summed E-state index contributed by atoms with van der Waals surface area (Å²) in [7, 11) is 0. The van der Waals surface area contributed by atoms with Gasteiger partial charge in [0.15, 0.2) is 5.82 Å². The molecule has 2 aromatic rings. The molecule has 1 aliphatic rings. The molecule has 7 nitrogen and oxygen atoms in total. The van der Waals surface area contributed by atoms with Crippen LogP contribution in [0, 0.1) is 11.6 Å². The Bertz CT molecular complexity index is 1120. The zero-order valence-corrected chi connectivity index (χ0v) is 15.7. The van der Waals surface area contributed by atoms with Gasteiger partial charge in [-0.1, -0.05) is 0 Å². The number of rotatable bonds is 4. The monoisotopic (exact) mass is 433 g/mol. The minimum Gasteiger partial charge on any atom is -0.477 e. The molecule has 0 spiro atoms. The van der Waals surface area contributed by atoms with E-state index in [1.807, 2.05) is 0 Å². The van der Waals surface area contributed by atoms with E-state index < -0.39 is 57.3 Å². The van der Waals surface area contributed by atoms with Gasteiger partial charge in [0.2, 0.25) is 5.43 Å². The molecule has 0 atom stereocenters. The summed E-state index contributed by atoms with van der Waals surface area (Å²) in [6.45, 7) is 2.31. The van der Waals surface area contributed by atoms with Crippen molar-refractivity contribution in [2.24, 2.45) is 0 Å². The molecule has 1 fully saturated rings. The highest BCUT2D eigenvalue weighted by atomic mass is 19.4. The number of aromatic nitrogens is 1. The van der Waals surface area contributed by atoms with Crippen LogP contribution in [-0.4, -0.2) is 46.4 Å². The number of carbonyl (C=O) groups is 2. The van der Waals surface area contributed by atoms with Crippen LogP contribution in [0.2, 0.25) is 0 Å². The van der Waals surface area contributed by atoms with Crippen molar-refractivity contribution in [2.75, 3.05) is 18.0 Å². The number of fused-ring (bicyclic) bond motifs is 1. The standard InChI is InChI=1S/C18H16F5N3O4/c1-3-25-5-9(15(28)29)14(27)8-4-10(19)13(11(20)12(8)25)26-6-17(2,7-26)24-16(30)18(21,22)23/h4-5H,3,6-7H2,1-2H3,(H,24,30)(H,28,29). The SMILES string of the molecule is CCn1cc(C(=O)O)c(=O)c2cc(F)c(N3CC(C)(NC(=O)C(F)(F)F)C3)c(F)c21. The van der Waals surface area contributed by atoms with E-state index in [2.05, 4.69) is 0 Å². The second-order valence-corrected chi connectivity index (χ2v) is 7.25. The van der Waals surface area contributed by atoms with Gasteiger partial charge in [-0.05, 0) is 19.9 Å². The predicted octanol–water partition coefficient (Wildman–Crippen LogP) is 2.26. The predicted molar refractivity (Wildman–Crippen MR) is 95.6 cm³/mol. The molecule has 1 saturated heterocycles. The average molecular weight is 433 g/mol. The maximum absolute atomic E-state index is 15.2. The summed E-state index contributed by atoms with van der Waals surface area (Å²) in [4.78, 5) is 35.8. The Morgan fingerprint density at radius 3 is 2.37 bits per heavy atom. The molecule has 1 aromatic heterocycles. The van der Waals surface area contributed by atoms with E-state index in [4.69, 9.17) is 5.11 Å². The van der Waals surface area contributed by atoms with Crippen LogP contribution in [0.4, 0.5) is 27.6 Å². The first-order valence-electron chi connectivity index (χ1n) is 8.72. The lowest BCUT2D eigenvalue weighted by Crippen LogP contribution is -2.70. The van der Waals surface area contributed by atoms with E-state index >= 15 is 4.39 Å². The minimum atomic E-state index is -5.10. The second kappa shape index (κ2) is 6.96. The van der Waals surface area contributed by atoms with Crippen LogP contribution in [0.25, 0.3) is 10.9 Å². The molecule has 0 radical (unpaired) electrons. The molecular weight excluding hydrogens is 417 g/mol. The van der Waals surface area contributed by atoms with Gasteiger partial charge >= 0.3 is 18.1 Å². The van der Waals surface area contributed by atoms with Crippen LogP contribution in [-0.2, 0) is 11.3 Å². The fourth-order valence-electron chi connectivity index (χ4n) is 3.55. The third-order valence-electron chi connectivity index (χ3n) is 4.87. The third-order valence-corrected chi connectivity index (χ3v) is 4.87. The number of nitrogens with one attached hydrogen (secondary N) is 1. The number of halogens is 5. The Kier molecular flexibility index (Phi) is 4.99. The number of benzene rings is 1. The Balaban J connectivity index is 2.03. The minimum absolute atomic E-state index is 0.0679. The Labute approximate surface area is 165 Å². The summed E-state index contributed by atoms with van der Waals surface area (Å²) in [6.07, 6.45) is -4.15. The van der Waals surface area contributed by atoms with Gasteiger partial charge < -0.3 is 19.9 Å².